The van der Waals surface area contributed by atoms with E-state index in [2.05, 4.69) is 55.4 Å². The molecule has 0 aromatic heterocycles. The fraction of sp³-hybridized carbons (Fsp3) is 0.935. The summed E-state index contributed by atoms with van der Waals surface area (Å²) in [5.74, 6) is 1.88. The standard InChI is InChI=1S/C15H30N.C14H28N.2CH3/c1-5-16(8-6-7-9-16)14-10-13(2)11-15(3,4)12-14;1-5-15(8-6-7-9-15)13-11-14(3,4)10-12(13)2;;/h13-14H,5-12H2,1-4H3;12-13H,5-11H2,1-4H3;2*1H3/q2*+1;2*-1. The smallest absolute Gasteiger partial charge is 0.0921 e. The van der Waals surface area contributed by atoms with Crippen molar-refractivity contribution in [2.24, 2.45) is 22.7 Å². The van der Waals surface area contributed by atoms with Crippen LogP contribution < -0.4 is 0 Å². The third-order valence-electron chi connectivity index (χ3n) is 10.3. The summed E-state index contributed by atoms with van der Waals surface area (Å²) in [5.41, 5.74) is 1.19. The minimum atomic E-state index is 0. The van der Waals surface area contributed by atoms with Crippen molar-refractivity contribution in [3.05, 3.63) is 14.9 Å². The van der Waals surface area contributed by atoms with Crippen molar-refractivity contribution < 1.29 is 8.97 Å². The average molecular weight is 465 g/mol. The summed E-state index contributed by atoms with van der Waals surface area (Å²) in [6.45, 7) is 28.3. The van der Waals surface area contributed by atoms with Gasteiger partial charge in [-0.25, -0.2) is 0 Å². The summed E-state index contributed by atoms with van der Waals surface area (Å²) in [5, 5.41) is 0. The largest absolute Gasteiger partial charge is 0.358 e. The molecule has 0 N–H and O–H groups in total. The lowest BCUT2D eigenvalue weighted by Gasteiger charge is -2.48. The Hall–Kier alpha value is -0.0800. The van der Waals surface area contributed by atoms with Crippen molar-refractivity contribution in [1.82, 2.24) is 0 Å². The highest BCUT2D eigenvalue weighted by Gasteiger charge is 2.49. The fourth-order valence-corrected chi connectivity index (χ4v) is 9.06. The number of quaternary nitrogens is 2. The molecule has 0 aromatic rings. The van der Waals surface area contributed by atoms with Gasteiger partial charge in [0.2, 0.25) is 0 Å². The number of rotatable bonds is 4. The Morgan fingerprint density at radius 3 is 1.48 bits per heavy atom. The van der Waals surface area contributed by atoms with Gasteiger partial charge in [0.15, 0.2) is 0 Å². The van der Waals surface area contributed by atoms with Gasteiger partial charge in [-0.2, -0.15) is 0 Å². The van der Waals surface area contributed by atoms with Gasteiger partial charge in [0.05, 0.1) is 51.4 Å². The molecular weight excluding hydrogens is 400 g/mol. The van der Waals surface area contributed by atoms with Crippen LogP contribution in [0.25, 0.3) is 0 Å². The number of nitrogens with zero attached hydrogens (tertiary/aromatic N) is 2. The van der Waals surface area contributed by atoms with E-state index in [1.165, 1.54) is 106 Å². The van der Waals surface area contributed by atoms with Crippen LogP contribution in [0.5, 0.6) is 0 Å². The molecule has 0 aromatic carbocycles. The van der Waals surface area contributed by atoms with Crippen LogP contribution in [-0.2, 0) is 0 Å². The second-order valence-corrected chi connectivity index (χ2v) is 14.1. The van der Waals surface area contributed by atoms with Crippen molar-refractivity contribution in [2.45, 2.75) is 125 Å². The van der Waals surface area contributed by atoms with Crippen LogP contribution in [-0.4, -0.2) is 60.3 Å². The quantitative estimate of drug-likeness (QED) is 0.291. The predicted octanol–water partition coefficient (Wildman–Crippen LogP) is 8.17. The molecule has 4 fully saturated rings. The molecule has 4 unspecified atom stereocenters. The van der Waals surface area contributed by atoms with Gasteiger partial charge < -0.3 is 23.8 Å². The van der Waals surface area contributed by atoms with Crippen molar-refractivity contribution >= 4 is 0 Å². The zero-order valence-electron chi connectivity index (χ0n) is 24.8. The molecule has 198 valence electrons. The molecule has 0 bridgehead atoms. The van der Waals surface area contributed by atoms with Gasteiger partial charge >= 0.3 is 0 Å². The van der Waals surface area contributed by atoms with E-state index >= 15 is 0 Å². The van der Waals surface area contributed by atoms with Crippen LogP contribution >= 0.6 is 0 Å². The van der Waals surface area contributed by atoms with Gasteiger partial charge in [0.25, 0.3) is 0 Å². The van der Waals surface area contributed by atoms with Gasteiger partial charge in [-0.1, -0.05) is 41.5 Å². The molecule has 2 aliphatic heterocycles. The second kappa shape index (κ2) is 11.8. The molecule has 2 nitrogen and oxygen atoms in total. The van der Waals surface area contributed by atoms with Crippen molar-refractivity contribution in [3.63, 3.8) is 0 Å². The third kappa shape index (κ3) is 6.99. The molecule has 4 rings (SSSR count). The van der Waals surface area contributed by atoms with E-state index in [0.717, 1.165) is 23.9 Å². The van der Waals surface area contributed by atoms with Crippen LogP contribution in [0.2, 0.25) is 0 Å². The molecule has 33 heavy (non-hydrogen) atoms. The lowest BCUT2D eigenvalue weighted by Crippen LogP contribution is -2.56. The zero-order chi connectivity index (χ0) is 22.9. The van der Waals surface area contributed by atoms with E-state index in [1.54, 1.807) is 0 Å². The molecule has 2 saturated carbocycles. The van der Waals surface area contributed by atoms with E-state index in [-0.39, 0.29) is 14.9 Å². The Balaban J connectivity index is 0.000000312. The number of hydrogen-bond donors (Lipinski definition) is 0. The second-order valence-electron chi connectivity index (χ2n) is 14.1. The van der Waals surface area contributed by atoms with Crippen LogP contribution in [0.15, 0.2) is 0 Å². The van der Waals surface area contributed by atoms with Crippen molar-refractivity contribution in [2.75, 3.05) is 39.3 Å². The van der Waals surface area contributed by atoms with E-state index in [4.69, 9.17) is 0 Å². The lowest BCUT2D eigenvalue weighted by molar-refractivity contribution is -0.941. The topological polar surface area (TPSA) is 0 Å². The Kier molecular flexibility index (Phi) is 11.0. The Bertz CT molecular complexity index is 565. The van der Waals surface area contributed by atoms with E-state index in [9.17, 15) is 0 Å². The Labute approximate surface area is 211 Å². The summed E-state index contributed by atoms with van der Waals surface area (Å²) < 4.78 is 2.90. The molecule has 2 saturated heterocycles. The van der Waals surface area contributed by atoms with Gasteiger partial charge in [-0.15, -0.1) is 0 Å². The first-order valence-electron chi connectivity index (χ1n) is 14.2. The Morgan fingerprint density at radius 1 is 0.636 bits per heavy atom. The summed E-state index contributed by atoms with van der Waals surface area (Å²) in [4.78, 5) is 0. The first-order chi connectivity index (χ1) is 14.5. The highest BCUT2D eigenvalue weighted by Crippen LogP contribution is 2.47. The summed E-state index contributed by atoms with van der Waals surface area (Å²) in [6, 6.07) is 1.93. The van der Waals surface area contributed by atoms with Gasteiger partial charge in [-0.3, -0.25) is 0 Å². The van der Waals surface area contributed by atoms with Crippen molar-refractivity contribution in [1.29, 1.82) is 0 Å². The maximum absolute atomic E-state index is 2.49. The first-order valence-corrected chi connectivity index (χ1v) is 14.2. The van der Waals surface area contributed by atoms with E-state index in [0.29, 0.717) is 10.8 Å². The molecule has 2 aliphatic carbocycles. The Morgan fingerprint density at radius 2 is 1.09 bits per heavy atom. The van der Waals surface area contributed by atoms with Crippen LogP contribution in [0.4, 0.5) is 0 Å². The maximum atomic E-state index is 2.49. The lowest BCUT2D eigenvalue weighted by atomic mass is 9.69. The summed E-state index contributed by atoms with van der Waals surface area (Å²) in [6.07, 6.45) is 13.2. The predicted molar refractivity (Wildman–Crippen MR) is 149 cm³/mol. The maximum Gasteiger partial charge on any atom is 0.0921 e. The molecule has 0 radical (unpaired) electrons. The van der Waals surface area contributed by atoms with Crippen LogP contribution in [0.3, 0.4) is 0 Å². The van der Waals surface area contributed by atoms with Crippen LogP contribution in [0.1, 0.15) is 113 Å². The monoisotopic (exact) mass is 465 g/mol. The minimum absolute atomic E-state index is 0. The molecule has 4 aliphatic rings. The molecular formula is C31H64N2. The summed E-state index contributed by atoms with van der Waals surface area (Å²) in [7, 11) is 0. The highest BCUT2D eigenvalue weighted by molar-refractivity contribution is 4.89. The van der Waals surface area contributed by atoms with Gasteiger partial charge in [0.1, 0.15) is 0 Å². The van der Waals surface area contributed by atoms with Crippen molar-refractivity contribution in [3.8, 4) is 0 Å². The van der Waals surface area contributed by atoms with Gasteiger partial charge in [0, 0.05) is 50.9 Å². The molecule has 2 heteroatoms. The average Bonchev–Trinajstić information content (AvgIpc) is 3.40. The molecule has 0 spiro atoms. The number of likely N-dealkylation sites (tertiary alicyclic amines) is 2. The highest BCUT2D eigenvalue weighted by atomic mass is 15.4. The summed E-state index contributed by atoms with van der Waals surface area (Å²) >= 11 is 0. The fourth-order valence-electron chi connectivity index (χ4n) is 9.06. The molecule has 0 amide bonds. The zero-order valence-corrected chi connectivity index (χ0v) is 24.8. The third-order valence-corrected chi connectivity index (χ3v) is 10.3. The SMILES string of the molecule is CC[N+]1(C2CC(C)(C)CC2C)CCCC1.CC[N+]1(C2CC(C)CC(C)(C)C2)CCCC1.[CH3-].[CH3-]. The van der Waals surface area contributed by atoms with Crippen LogP contribution in [0, 0.1) is 37.5 Å². The van der Waals surface area contributed by atoms with E-state index in [1.807, 2.05) is 0 Å². The van der Waals surface area contributed by atoms with Gasteiger partial charge in [-0.05, 0) is 43.4 Å². The molecule has 2 heterocycles. The van der Waals surface area contributed by atoms with E-state index < -0.39 is 0 Å². The minimum Gasteiger partial charge on any atom is -0.358 e. The molecule has 4 atom stereocenters. The normalized spacial score (nSPS) is 35.6. The first kappa shape index (κ1) is 31.0. The number of hydrogen-bond acceptors (Lipinski definition) is 0.